The van der Waals surface area contributed by atoms with Crippen molar-refractivity contribution >= 4 is 11.9 Å². The molecular formula is C14H21N5O3. The third kappa shape index (κ3) is 3.69. The van der Waals surface area contributed by atoms with Crippen molar-refractivity contribution in [3.05, 3.63) is 18.0 Å². The zero-order chi connectivity index (χ0) is 16.2. The first-order valence-corrected chi connectivity index (χ1v) is 7.28. The lowest BCUT2D eigenvalue weighted by Gasteiger charge is -2.39. The SMILES string of the molecule is CC(C)=CC[C@]1(C(=O)O)CCCN(C(=O)Cn2ncnn2)C1. The second kappa shape index (κ2) is 6.67. The summed E-state index contributed by atoms with van der Waals surface area (Å²) in [6, 6.07) is 0. The molecule has 0 saturated carbocycles. The minimum atomic E-state index is -0.902. The fourth-order valence-electron chi connectivity index (χ4n) is 2.65. The number of piperidine rings is 1. The molecular weight excluding hydrogens is 286 g/mol. The van der Waals surface area contributed by atoms with Gasteiger partial charge in [0.05, 0.1) is 5.41 Å². The molecule has 1 aliphatic heterocycles. The molecule has 0 aliphatic carbocycles. The van der Waals surface area contributed by atoms with Crippen LogP contribution >= 0.6 is 0 Å². The van der Waals surface area contributed by atoms with E-state index in [9.17, 15) is 14.7 Å². The van der Waals surface area contributed by atoms with Crippen LogP contribution in [0, 0.1) is 5.41 Å². The lowest BCUT2D eigenvalue weighted by Crippen LogP contribution is -2.50. The van der Waals surface area contributed by atoms with Crippen molar-refractivity contribution in [1.29, 1.82) is 0 Å². The molecule has 0 radical (unpaired) electrons. The summed E-state index contributed by atoms with van der Waals surface area (Å²) in [7, 11) is 0. The minimum absolute atomic E-state index is 0.0155. The number of carboxylic acid groups (broad SMARTS) is 1. The summed E-state index contributed by atoms with van der Waals surface area (Å²) in [6.45, 7) is 4.66. The predicted molar refractivity (Wildman–Crippen MR) is 77.7 cm³/mol. The highest BCUT2D eigenvalue weighted by molar-refractivity contribution is 5.79. The first kappa shape index (κ1) is 16.1. The van der Waals surface area contributed by atoms with Gasteiger partial charge in [-0.25, -0.2) is 0 Å². The van der Waals surface area contributed by atoms with Crippen LogP contribution in [0.4, 0.5) is 0 Å². The van der Waals surface area contributed by atoms with Crippen LogP contribution < -0.4 is 0 Å². The van der Waals surface area contributed by atoms with Gasteiger partial charge in [-0.15, -0.1) is 10.2 Å². The third-order valence-corrected chi connectivity index (χ3v) is 3.95. The predicted octanol–water partition coefficient (Wildman–Crippen LogP) is 0.723. The number of carbonyl (C=O) groups excluding carboxylic acids is 1. The molecule has 0 aromatic carbocycles. The summed E-state index contributed by atoms with van der Waals surface area (Å²) in [5, 5.41) is 20.7. The van der Waals surface area contributed by atoms with Gasteiger partial charge < -0.3 is 10.0 Å². The zero-order valence-corrected chi connectivity index (χ0v) is 12.9. The molecule has 22 heavy (non-hydrogen) atoms. The molecule has 1 N–H and O–H groups in total. The Kier molecular flexibility index (Phi) is 4.89. The fraction of sp³-hybridized carbons (Fsp3) is 0.643. The van der Waals surface area contributed by atoms with Gasteiger partial charge in [-0.05, 0) is 38.3 Å². The number of likely N-dealkylation sites (tertiary alicyclic amines) is 1. The maximum Gasteiger partial charge on any atom is 0.311 e. The van der Waals surface area contributed by atoms with Crippen LogP contribution in [0.15, 0.2) is 18.0 Å². The van der Waals surface area contributed by atoms with E-state index in [1.807, 2.05) is 19.9 Å². The van der Waals surface area contributed by atoms with E-state index in [0.29, 0.717) is 25.8 Å². The van der Waals surface area contributed by atoms with Gasteiger partial charge in [0.25, 0.3) is 0 Å². The summed E-state index contributed by atoms with van der Waals surface area (Å²) in [5.74, 6) is -1.03. The first-order chi connectivity index (χ1) is 10.4. The Morgan fingerprint density at radius 2 is 2.18 bits per heavy atom. The molecule has 2 heterocycles. The Bertz CT molecular complexity index is 565. The summed E-state index contributed by atoms with van der Waals surface area (Å²) in [5.41, 5.74) is 0.178. The topological polar surface area (TPSA) is 101 Å². The normalized spacial score (nSPS) is 21.5. The minimum Gasteiger partial charge on any atom is -0.481 e. The Labute approximate surface area is 128 Å². The average molecular weight is 307 g/mol. The molecule has 1 aromatic heterocycles. The number of carboxylic acids is 1. The van der Waals surface area contributed by atoms with E-state index in [4.69, 9.17) is 0 Å². The number of hydrogen-bond donors (Lipinski definition) is 1. The number of nitrogens with zero attached hydrogens (tertiary/aromatic N) is 5. The van der Waals surface area contributed by atoms with Crippen LogP contribution in [0.3, 0.4) is 0 Å². The molecule has 0 bridgehead atoms. The van der Waals surface area contributed by atoms with Crippen LogP contribution in [0.2, 0.25) is 0 Å². The van der Waals surface area contributed by atoms with E-state index in [1.165, 1.54) is 11.1 Å². The highest BCUT2D eigenvalue weighted by Gasteiger charge is 2.42. The van der Waals surface area contributed by atoms with Crippen molar-refractivity contribution in [2.45, 2.75) is 39.7 Å². The number of carbonyl (C=O) groups is 2. The molecule has 1 aromatic rings. The van der Waals surface area contributed by atoms with E-state index >= 15 is 0 Å². The van der Waals surface area contributed by atoms with Gasteiger partial charge in [0.2, 0.25) is 5.91 Å². The van der Waals surface area contributed by atoms with E-state index in [1.54, 1.807) is 4.90 Å². The van der Waals surface area contributed by atoms with Crippen molar-refractivity contribution in [2.24, 2.45) is 5.41 Å². The number of allylic oxidation sites excluding steroid dienone is 2. The van der Waals surface area contributed by atoms with Crippen molar-refractivity contribution in [1.82, 2.24) is 25.1 Å². The van der Waals surface area contributed by atoms with Gasteiger partial charge in [-0.2, -0.15) is 4.80 Å². The Balaban J connectivity index is 2.09. The largest absolute Gasteiger partial charge is 0.481 e. The van der Waals surface area contributed by atoms with Gasteiger partial charge in [-0.1, -0.05) is 11.6 Å². The van der Waals surface area contributed by atoms with Crippen LogP contribution in [-0.2, 0) is 16.1 Å². The lowest BCUT2D eigenvalue weighted by atomic mass is 9.76. The van der Waals surface area contributed by atoms with Crippen molar-refractivity contribution in [3.8, 4) is 0 Å². The number of rotatable bonds is 5. The molecule has 1 saturated heterocycles. The van der Waals surface area contributed by atoms with Crippen LogP contribution in [-0.4, -0.2) is 55.2 Å². The summed E-state index contributed by atoms with van der Waals surface area (Å²) in [4.78, 5) is 26.9. The van der Waals surface area contributed by atoms with Crippen molar-refractivity contribution < 1.29 is 14.7 Å². The van der Waals surface area contributed by atoms with Gasteiger partial charge in [0, 0.05) is 13.1 Å². The summed E-state index contributed by atoms with van der Waals surface area (Å²) in [6.07, 6.45) is 4.90. The Morgan fingerprint density at radius 3 is 2.77 bits per heavy atom. The quantitative estimate of drug-likeness (QED) is 0.804. The number of tetrazole rings is 1. The van der Waals surface area contributed by atoms with Crippen LogP contribution in [0.5, 0.6) is 0 Å². The molecule has 8 heteroatoms. The zero-order valence-electron chi connectivity index (χ0n) is 12.9. The first-order valence-electron chi connectivity index (χ1n) is 7.28. The second-order valence-corrected chi connectivity index (χ2v) is 5.96. The lowest BCUT2D eigenvalue weighted by molar-refractivity contribution is -0.155. The standard InChI is InChI=1S/C14H21N5O3/c1-11(2)4-6-14(13(21)22)5-3-7-18(9-14)12(20)8-19-16-10-15-17-19/h4,10H,3,5-9H2,1-2H3,(H,21,22)/t14-/m1/s1. The molecule has 1 fully saturated rings. The molecule has 2 rings (SSSR count). The van der Waals surface area contributed by atoms with Crippen LogP contribution in [0.25, 0.3) is 0 Å². The maximum absolute atomic E-state index is 12.3. The van der Waals surface area contributed by atoms with Crippen molar-refractivity contribution in [2.75, 3.05) is 13.1 Å². The third-order valence-electron chi connectivity index (χ3n) is 3.95. The smallest absolute Gasteiger partial charge is 0.311 e. The van der Waals surface area contributed by atoms with Gasteiger partial charge >= 0.3 is 5.97 Å². The average Bonchev–Trinajstić information content (AvgIpc) is 2.98. The van der Waals surface area contributed by atoms with E-state index < -0.39 is 11.4 Å². The van der Waals surface area contributed by atoms with E-state index in [-0.39, 0.29) is 19.0 Å². The highest BCUT2D eigenvalue weighted by atomic mass is 16.4. The van der Waals surface area contributed by atoms with Gasteiger partial charge in [0.15, 0.2) is 6.33 Å². The molecule has 1 atom stereocenters. The second-order valence-electron chi connectivity index (χ2n) is 5.96. The summed E-state index contributed by atoms with van der Waals surface area (Å²) < 4.78 is 0. The Morgan fingerprint density at radius 1 is 1.41 bits per heavy atom. The number of aromatic nitrogens is 4. The van der Waals surface area contributed by atoms with E-state index in [0.717, 1.165) is 5.57 Å². The molecule has 1 aliphatic rings. The monoisotopic (exact) mass is 307 g/mol. The molecule has 120 valence electrons. The Hall–Kier alpha value is -2.25. The van der Waals surface area contributed by atoms with Gasteiger partial charge in [-0.3, -0.25) is 9.59 Å². The molecule has 8 nitrogen and oxygen atoms in total. The molecule has 0 unspecified atom stereocenters. The fourth-order valence-corrected chi connectivity index (χ4v) is 2.65. The van der Waals surface area contributed by atoms with E-state index in [2.05, 4.69) is 15.4 Å². The van der Waals surface area contributed by atoms with Crippen LogP contribution in [0.1, 0.15) is 33.1 Å². The van der Waals surface area contributed by atoms with Crippen molar-refractivity contribution in [3.63, 3.8) is 0 Å². The summed E-state index contributed by atoms with van der Waals surface area (Å²) >= 11 is 0. The van der Waals surface area contributed by atoms with Gasteiger partial charge in [0.1, 0.15) is 6.54 Å². The number of amides is 1. The number of hydrogen-bond acceptors (Lipinski definition) is 5. The molecule has 0 spiro atoms. The molecule has 1 amide bonds. The number of aliphatic carboxylic acids is 1. The maximum atomic E-state index is 12.3. The highest BCUT2D eigenvalue weighted by Crippen LogP contribution is 2.35.